The van der Waals surface area contributed by atoms with Crippen LogP contribution in [0.2, 0.25) is 0 Å². The zero-order valence-electron chi connectivity index (χ0n) is 14.2. The van der Waals surface area contributed by atoms with Crippen molar-refractivity contribution in [3.05, 3.63) is 59.4 Å². The number of hydrogen-bond acceptors (Lipinski definition) is 3. The summed E-state index contributed by atoms with van der Waals surface area (Å²) in [6.45, 7) is 5.73. The highest BCUT2D eigenvalue weighted by molar-refractivity contribution is 5.92. The van der Waals surface area contributed by atoms with Crippen LogP contribution in [0, 0.1) is 6.92 Å². The number of pyridine rings is 1. The number of rotatable bonds is 7. The highest BCUT2D eigenvalue weighted by Gasteiger charge is 2.08. The Morgan fingerprint density at radius 2 is 1.91 bits per heavy atom. The Labute approximate surface area is 138 Å². The molecule has 122 valence electrons. The number of aromatic nitrogens is 1. The van der Waals surface area contributed by atoms with Crippen LogP contribution < -0.4 is 10.2 Å². The fourth-order valence-electron chi connectivity index (χ4n) is 2.25. The average molecular weight is 311 g/mol. The fraction of sp³-hybridized carbons (Fsp3) is 0.368. The molecule has 0 aliphatic rings. The average Bonchev–Trinajstić information content (AvgIpc) is 2.59. The van der Waals surface area contributed by atoms with E-state index in [1.54, 1.807) is 12.3 Å². The maximum absolute atomic E-state index is 12.2. The van der Waals surface area contributed by atoms with Crippen LogP contribution in [-0.2, 0) is 6.54 Å². The molecule has 2 rings (SSSR count). The van der Waals surface area contributed by atoms with Gasteiger partial charge in [-0.3, -0.25) is 4.79 Å². The second kappa shape index (κ2) is 8.32. The molecule has 0 aliphatic heterocycles. The summed E-state index contributed by atoms with van der Waals surface area (Å²) in [7, 11) is 2.05. The Bertz CT molecular complexity index is 620. The van der Waals surface area contributed by atoms with E-state index in [1.165, 1.54) is 5.56 Å². The van der Waals surface area contributed by atoms with E-state index in [-0.39, 0.29) is 5.91 Å². The maximum atomic E-state index is 12.2. The summed E-state index contributed by atoms with van der Waals surface area (Å²) in [5, 5.41) is 2.90. The van der Waals surface area contributed by atoms with Crippen LogP contribution in [-0.4, -0.2) is 24.5 Å². The van der Waals surface area contributed by atoms with Crippen molar-refractivity contribution in [3.63, 3.8) is 0 Å². The first kappa shape index (κ1) is 17.0. The van der Waals surface area contributed by atoms with E-state index in [1.807, 2.05) is 44.3 Å². The van der Waals surface area contributed by atoms with Crippen LogP contribution in [0.15, 0.2) is 42.6 Å². The number of aryl methyl sites for hydroxylation is 1. The van der Waals surface area contributed by atoms with Crippen molar-refractivity contribution in [2.24, 2.45) is 0 Å². The van der Waals surface area contributed by atoms with Gasteiger partial charge in [-0.1, -0.05) is 43.2 Å². The van der Waals surface area contributed by atoms with Crippen molar-refractivity contribution in [3.8, 4) is 0 Å². The van der Waals surface area contributed by atoms with E-state index in [2.05, 4.69) is 22.1 Å². The van der Waals surface area contributed by atoms with Gasteiger partial charge in [0.05, 0.1) is 11.9 Å². The predicted molar refractivity (Wildman–Crippen MR) is 94.8 cm³/mol. The molecule has 2 aromatic rings. The molecule has 1 aromatic heterocycles. The number of anilines is 1. The molecule has 0 radical (unpaired) electrons. The monoisotopic (exact) mass is 311 g/mol. The van der Waals surface area contributed by atoms with Gasteiger partial charge >= 0.3 is 0 Å². The molecule has 1 N–H and O–H groups in total. The topological polar surface area (TPSA) is 45.2 Å². The van der Waals surface area contributed by atoms with Crippen molar-refractivity contribution in [1.29, 1.82) is 0 Å². The molecule has 4 nitrogen and oxygen atoms in total. The van der Waals surface area contributed by atoms with Crippen molar-refractivity contribution in [2.45, 2.75) is 33.2 Å². The number of carbonyl (C=O) groups excluding carboxylic acids is 1. The summed E-state index contributed by atoms with van der Waals surface area (Å²) < 4.78 is 0. The van der Waals surface area contributed by atoms with E-state index in [0.29, 0.717) is 12.2 Å². The van der Waals surface area contributed by atoms with Gasteiger partial charge in [0, 0.05) is 20.1 Å². The summed E-state index contributed by atoms with van der Waals surface area (Å²) in [5.41, 5.74) is 3.78. The van der Waals surface area contributed by atoms with Gasteiger partial charge in [-0.05, 0) is 31.0 Å². The number of unbranched alkanes of at least 4 members (excludes halogenated alkanes) is 1. The number of carbonyl (C=O) groups is 1. The number of amides is 1. The predicted octanol–water partition coefficient (Wildman–Crippen LogP) is 3.56. The molecular formula is C19H25N3O. The number of hydrogen-bond donors (Lipinski definition) is 1. The van der Waals surface area contributed by atoms with E-state index >= 15 is 0 Å². The van der Waals surface area contributed by atoms with Crippen LogP contribution in [0.4, 0.5) is 5.69 Å². The largest absolute Gasteiger partial charge is 0.373 e. The molecule has 0 saturated carbocycles. The standard InChI is InChI=1S/C19H25N3O/c1-4-5-12-22(3)17-10-11-18(20-14-17)19(23)21-13-16-8-6-15(2)7-9-16/h6-11,14H,4-5,12-13H2,1-3H3,(H,21,23). The van der Waals surface area contributed by atoms with Gasteiger partial charge in [-0.25, -0.2) is 4.98 Å². The van der Waals surface area contributed by atoms with Crippen LogP contribution in [0.3, 0.4) is 0 Å². The molecule has 1 aromatic carbocycles. The highest BCUT2D eigenvalue weighted by Crippen LogP contribution is 2.12. The number of nitrogens with one attached hydrogen (secondary N) is 1. The first-order chi connectivity index (χ1) is 11.1. The summed E-state index contributed by atoms with van der Waals surface area (Å²) in [5.74, 6) is -0.145. The minimum absolute atomic E-state index is 0.145. The van der Waals surface area contributed by atoms with E-state index in [0.717, 1.165) is 30.6 Å². The fourth-order valence-corrected chi connectivity index (χ4v) is 2.25. The number of nitrogens with zero attached hydrogens (tertiary/aromatic N) is 2. The van der Waals surface area contributed by atoms with Gasteiger partial charge in [0.1, 0.15) is 5.69 Å². The van der Waals surface area contributed by atoms with Gasteiger partial charge in [0.25, 0.3) is 5.91 Å². The molecule has 0 aliphatic carbocycles. The number of benzene rings is 1. The molecule has 23 heavy (non-hydrogen) atoms. The second-order valence-corrected chi connectivity index (χ2v) is 5.85. The minimum atomic E-state index is -0.145. The summed E-state index contributed by atoms with van der Waals surface area (Å²) >= 11 is 0. The maximum Gasteiger partial charge on any atom is 0.270 e. The Morgan fingerprint density at radius 3 is 2.52 bits per heavy atom. The van der Waals surface area contributed by atoms with E-state index in [4.69, 9.17) is 0 Å². The SMILES string of the molecule is CCCCN(C)c1ccc(C(=O)NCc2ccc(C)cc2)nc1. The van der Waals surface area contributed by atoms with E-state index < -0.39 is 0 Å². The molecule has 0 saturated heterocycles. The first-order valence-electron chi connectivity index (χ1n) is 8.11. The molecule has 1 heterocycles. The van der Waals surface area contributed by atoms with Gasteiger partial charge in [0.2, 0.25) is 0 Å². The normalized spacial score (nSPS) is 10.4. The quantitative estimate of drug-likeness (QED) is 0.850. The lowest BCUT2D eigenvalue weighted by molar-refractivity contribution is 0.0946. The lowest BCUT2D eigenvalue weighted by atomic mass is 10.1. The first-order valence-corrected chi connectivity index (χ1v) is 8.11. The second-order valence-electron chi connectivity index (χ2n) is 5.85. The van der Waals surface area contributed by atoms with Crippen LogP contribution >= 0.6 is 0 Å². The molecule has 0 fully saturated rings. The zero-order valence-corrected chi connectivity index (χ0v) is 14.2. The van der Waals surface area contributed by atoms with Crippen molar-refractivity contribution >= 4 is 11.6 Å². The third-order valence-electron chi connectivity index (χ3n) is 3.84. The molecule has 4 heteroatoms. The summed E-state index contributed by atoms with van der Waals surface area (Å²) in [6.07, 6.45) is 4.07. The lowest BCUT2D eigenvalue weighted by Gasteiger charge is -2.18. The molecule has 0 spiro atoms. The van der Waals surface area contributed by atoms with Crippen molar-refractivity contribution in [2.75, 3.05) is 18.5 Å². The van der Waals surface area contributed by atoms with Gasteiger partial charge in [0.15, 0.2) is 0 Å². The van der Waals surface area contributed by atoms with Crippen LogP contribution in [0.1, 0.15) is 41.4 Å². The van der Waals surface area contributed by atoms with Gasteiger partial charge in [-0.2, -0.15) is 0 Å². The third-order valence-corrected chi connectivity index (χ3v) is 3.84. The Hall–Kier alpha value is -2.36. The molecule has 0 atom stereocenters. The highest BCUT2D eigenvalue weighted by atomic mass is 16.1. The van der Waals surface area contributed by atoms with Crippen LogP contribution in [0.5, 0.6) is 0 Å². The van der Waals surface area contributed by atoms with E-state index in [9.17, 15) is 4.79 Å². The summed E-state index contributed by atoms with van der Waals surface area (Å²) in [6, 6.07) is 11.9. The van der Waals surface area contributed by atoms with Crippen LogP contribution in [0.25, 0.3) is 0 Å². The minimum Gasteiger partial charge on any atom is -0.373 e. The zero-order chi connectivity index (χ0) is 16.7. The lowest BCUT2D eigenvalue weighted by Crippen LogP contribution is -2.24. The van der Waals surface area contributed by atoms with Crippen molar-refractivity contribution in [1.82, 2.24) is 10.3 Å². The smallest absolute Gasteiger partial charge is 0.270 e. The Morgan fingerprint density at radius 1 is 1.17 bits per heavy atom. The third kappa shape index (κ3) is 5.09. The Balaban J connectivity index is 1.90. The van der Waals surface area contributed by atoms with Crippen molar-refractivity contribution < 1.29 is 4.79 Å². The summed E-state index contributed by atoms with van der Waals surface area (Å²) in [4.78, 5) is 18.6. The van der Waals surface area contributed by atoms with Gasteiger partial charge in [-0.15, -0.1) is 0 Å². The Kier molecular flexibility index (Phi) is 6.15. The molecule has 0 unspecified atom stereocenters. The molecule has 1 amide bonds. The van der Waals surface area contributed by atoms with Gasteiger partial charge < -0.3 is 10.2 Å². The molecule has 0 bridgehead atoms. The molecular weight excluding hydrogens is 286 g/mol.